The molecule has 0 aliphatic heterocycles. The van der Waals surface area contributed by atoms with Crippen LogP contribution in [0.2, 0.25) is 0 Å². The summed E-state index contributed by atoms with van der Waals surface area (Å²) in [5, 5.41) is 0. The van der Waals surface area contributed by atoms with E-state index in [9.17, 15) is 4.79 Å². The Kier molecular flexibility index (Phi) is 13.4. The molecule has 0 aliphatic rings. The molecule has 3 heteroatoms. The monoisotopic (exact) mass is 466 g/mol. The zero-order valence-corrected chi connectivity index (χ0v) is 22.1. The minimum Gasteiger partial charge on any atom is -0.394 e. The van der Waals surface area contributed by atoms with Gasteiger partial charge in [0.2, 0.25) is 0 Å². The summed E-state index contributed by atoms with van der Waals surface area (Å²) in [7, 11) is 0. The van der Waals surface area contributed by atoms with E-state index in [-0.39, 0.29) is 0 Å². The topological polar surface area (TPSA) is 35.5 Å². The normalized spacial score (nSPS) is 10.9. The molecular weight excluding hydrogens is 420 g/mol. The summed E-state index contributed by atoms with van der Waals surface area (Å²) in [5.41, 5.74) is 4.89. The van der Waals surface area contributed by atoms with E-state index in [2.05, 4.69) is 39.8 Å². The van der Waals surface area contributed by atoms with Gasteiger partial charge in [-0.25, -0.2) is 4.79 Å². The van der Waals surface area contributed by atoms with Crippen molar-refractivity contribution in [2.45, 2.75) is 118 Å². The molecule has 0 unspecified atom stereocenters. The van der Waals surface area contributed by atoms with Gasteiger partial charge in [-0.2, -0.15) is 0 Å². The third-order valence-corrected chi connectivity index (χ3v) is 6.45. The average Bonchev–Trinajstić information content (AvgIpc) is 2.83. The van der Waals surface area contributed by atoms with Crippen LogP contribution in [0.5, 0.6) is 11.5 Å². The number of unbranched alkanes of at least 4 members (excludes halogenated alkanes) is 6. The fraction of sp³-hybridized carbons (Fsp3) is 0.581. The predicted octanol–water partition coefficient (Wildman–Crippen LogP) is 9.41. The summed E-state index contributed by atoms with van der Waals surface area (Å²) in [4.78, 5) is 12.9. The Balaban J connectivity index is 2.19. The predicted molar refractivity (Wildman–Crippen MR) is 143 cm³/mol. The molecule has 0 fully saturated rings. The van der Waals surface area contributed by atoms with Crippen LogP contribution in [0.1, 0.15) is 114 Å². The number of aryl methyl sites for hydroxylation is 2. The molecule has 0 N–H and O–H groups in total. The molecule has 3 nitrogen and oxygen atoms in total. The maximum absolute atomic E-state index is 12.9. The average molecular weight is 467 g/mol. The molecule has 0 saturated heterocycles. The van der Waals surface area contributed by atoms with E-state index in [1.807, 2.05) is 24.3 Å². The van der Waals surface area contributed by atoms with Gasteiger partial charge < -0.3 is 9.47 Å². The van der Waals surface area contributed by atoms with Crippen LogP contribution in [0.15, 0.2) is 36.4 Å². The van der Waals surface area contributed by atoms with Gasteiger partial charge in [0.05, 0.1) is 0 Å². The van der Waals surface area contributed by atoms with E-state index >= 15 is 0 Å². The van der Waals surface area contributed by atoms with Crippen molar-refractivity contribution >= 4 is 6.16 Å². The van der Waals surface area contributed by atoms with E-state index < -0.39 is 6.16 Å². The molecule has 0 aromatic heterocycles. The fourth-order valence-corrected chi connectivity index (χ4v) is 4.64. The first-order valence-electron chi connectivity index (χ1n) is 13.8. The van der Waals surface area contributed by atoms with Gasteiger partial charge in [-0.05, 0) is 72.9 Å². The highest BCUT2D eigenvalue weighted by atomic mass is 16.7. The van der Waals surface area contributed by atoms with Gasteiger partial charge in [0.1, 0.15) is 11.5 Å². The summed E-state index contributed by atoms with van der Waals surface area (Å²) in [5.74, 6) is 1.30. The van der Waals surface area contributed by atoms with Crippen molar-refractivity contribution in [3.63, 3.8) is 0 Å². The molecule has 0 amide bonds. The molecule has 0 aliphatic carbocycles. The first-order chi connectivity index (χ1) is 16.6. The Morgan fingerprint density at radius 2 is 1.06 bits per heavy atom. The third-order valence-electron chi connectivity index (χ3n) is 6.45. The van der Waals surface area contributed by atoms with Crippen LogP contribution >= 0.6 is 0 Å². The molecule has 0 spiro atoms. The van der Waals surface area contributed by atoms with Crippen LogP contribution in [0.3, 0.4) is 0 Å². The summed E-state index contributed by atoms with van der Waals surface area (Å²) in [6.07, 6.45) is 15.0. The molecule has 0 heterocycles. The molecule has 0 bridgehead atoms. The van der Waals surface area contributed by atoms with Crippen molar-refractivity contribution in [1.29, 1.82) is 0 Å². The second-order valence-electron chi connectivity index (χ2n) is 9.36. The highest BCUT2D eigenvalue weighted by molar-refractivity contribution is 5.69. The van der Waals surface area contributed by atoms with Gasteiger partial charge >= 0.3 is 6.16 Å². The fourth-order valence-electron chi connectivity index (χ4n) is 4.64. The van der Waals surface area contributed by atoms with Crippen molar-refractivity contribution in [2.75, 3.05) is 0 Å². The lowest BCUT2D eigenvalue weighted by molar-refractivity contribution is 0.151. The van der Waals surface area contributed by atoms with Crippen molar-refractivity contribution in [3.8, 4) is 11.5 Å². The lowest BCUT2D eigenvalue weighted by atomic mass is 9.96. The summed E-state index contributed by atoms with van der Waals surface area (Å²) in [6.45, 7) is 8.80. The number of benzene rings is 2. The molecule has 0 saturated carbocycles. The Labute approximate surface area is 208 Å². The molecular formula is C31H46O3. The van der Waals surface area contributed by atoms with Crippen LogP contribution in [0, 0.1) is 0 Å². The zero-order chi connectivity index (χ0) is 24.6. The maximum Gasteiger partial charge on any atom is 0.519 e. The third kappa shape index (κ3) is 9.16. The summed E-state index contributed by atoms with van der Waals surface area (Å²) >= 11 is 0. The van der Waals surface area contributed by atoms with Gasteiger partial charge in [-0.3, -0.25) is 0 Å². The number of hydrogen-bond acceptors (Lipinski definition) is 3. The molecule has 34 heavy (non-hydrogen) atoms. The SMILES string of the molecule is CCCCCCc1cccc(OC(=O)Oc2cccc(CCC)c2CCC)c1CCCCCC. The van der Waals surface area contributed by atoms with Crippen LogP contribution in [-0.4, -0.2) is 6.16 Å². The van der Waals surface area contributed by atoms with Crippen LogP contribution in [0.4, 0.5) is 4.79 Å². The highest BCUT2D eigenvalue weighted by Crippen LogP contribution is 2.29. The van der Waals surface area contributed by atoms with Gasteiger partial charge in [0.25, 0.3) is 0 Å². The van der Waals surface area contributed by atoms with E-state index in [0.29, 0.717) is 11.5 Å². The number of carbonyl (C=O) groups excluding carboxylic acids is 1. The zero-order valence-electron chi connectivity index (χ0n) is 22.1. The largest absolute Gasteiger partial charge is 0.519 e. The lowest BCUT2D eigenvalue weighted by Gasteiger charge is -2.17. The smallest absolute Gasteiger partial charge is 0.394 e. The van der Waals surface area contributed by atoms with Gasteiger partial charge in [0, 0.05) is 0 Å². The minimum atomic E-state index is -0.635. The number of ether oxygens (including phenoxy) is 2. The van der Waals surface area contributed by atoms with Crippen molar-refractivity contribution in [2.24, 2.45) is 0 Å². The first-order valence-corrected chi connectivity index (χ1v) is 13.8. The highest BCUT2D eigenvalue weighted by Gasteiger charge is 2.17. The van der Waals surface area contributed by atoms with Gasteiger partial charge in [-0.1, -0.05) is 103 Å². The Morgan fingerprint density at radius 1 is 0.559 bits per heavy atom. The molecule has 0 atom stereocenters. The standard InChI is InChI=1S/C31H46O3/c1-5-9-11-13-19-26-21-16-24-30(28(26)22-14-12-10-6-2)34-31(32)33-29-23-15-20-25(17-7-3)27(29)18-8-4/h15-16,20-21,23-24H,5-14,17-19,22H2,1-4H3. The Hall–Kier alpha value is -2.29. The Morgan fingerprint density at radius 3 is 1.59 bits per heavy atom. The van der Waals surface area contributed by atoms with Crippen molar-refractivity contribution in [1.82, 2.24) is 0 Å². The van der Waals surface area contributed by atoms with E-state index in [0.717, 1.165) is 50.5 Å². The lowest BCUT2D eigenvalue weighted by Crippen LogP contribution is -2.16. The second kappa shape index (κ2) is 16.4. The van der Waals surface area contributed by atoms with E-state index in [1.54, 1.807) is 0 Å². The van der Waals surface area contributed by atoms with Crippen LogP contribution in [-0.2, 0) is 25.7 Å². The summed E-state index contributed by atoms with van der Waals surface area (Å²) < 4.78 is 11.6. The van der Waals surface area contributed by atoms with Crippen LogP contribution in [0.25, 0.3) is 0 Å². The van der Waals surface area contributed by atoms with Crippen molar-refractivity contribution in [3.05, 3.63) is 58.7 Å². The van der Waals surface area contributed by atoms with Gasteiger partial charge in [-0.15, -0.1) is 0 Å². The van der Waals surface area contributed by atoms with E-state index in [4.69, 9.17) is 9.47 Å². The molecule has 2 rings (SSSR count). The molecule has 2 aromatic rings. The van der Waals surface area contributed by atoms with E-state index in [1.165, 1.54) is 61.6 Å². The first kappa shape index (κ1) is 28.0. The van der Waals surface area contributed by atoms with Gasteiger partial charge in [0.15, 0.2) is 0 Å². The quantitative estimate of drug-likeness (QED) is 0.140. The molecule has 0 radical (unpaired) electrons. The molecule has 2 aromatic carbocycles. The Bertz CT molecular complexity index is 856. The number of carbonyl (C=O) groups is 1. The maximum atomic E-state index is 12.9. The second-order valence-corrected chi connectivity index (χ2v) is 9.36. The summed E-state index contributed by atoms with van der Waals surface area (Å²) in [6, 6.07) is 12.1. The van der Waals surface area contributed by atoms with Crippen LogP contribution < -0.4 is 9.47 Å². The minimum absolute atomic E-state index is 0.635. The number of rotatable bonds is 16. The molecule has 188 valence electrons. The number of hydrogen-bond donors (Lipinski definition) is 0. The van der Waals surface area contributed by atoms with Crippen molar-refractivity contribution < 1.29 is 14.3 Å².